The highest BCUT2D eigenvalue weighted by atomic mass is 79.9. The van der Waals surface area contributed by atoms with E-state index in [9.17, 15) is 4.79 Å². The van der Waals surface area contributed by atoms with E-state index in [1.807, 2.05) is 24.3 Å². The highest BCUT2D eigenvalue weighted by molar-refractivity contribution is 9.10. The normalized spacial score (nSPS) is 9.95. The van der Waals surface area contributed by atoms with Crippen molar-refractivity contribution in [3.8, 4) is 0 Å². The summed E-state index contributed by atoms with van der Waals surface area (Å²) >= 11 is 3.35. The van der Waals surface area contributed by atoms with Gasteiger partial charge in [-0.1, -0.05) is 6.08 Å². The lowest BCUT2D eigenvalue weighted by atomic mass is 10.2. The number of carbonyl (C=O) groups excluding carboxylic acids is 1. The molecule has 0 saturated carbocycles. The van der Waals surface area contributed by atoms with E-state index in [4.69, 9.17) is 0 Å². The summed E-state index contributed by atoms with van der Waals surface area (Å²) in [6.45, 7) is 4.67. The maximum absolute atomic E-state index is 11.7. The highest BCUT2D eigenvalue weighted by Gasteiger charge is 2.03. The quantitative estimate of drug-likeness (QED) is 0.789. The van der Waals surface area contributed by atoms with Gasteiger partial charge in [-0.05, 0) is 52.3 Å². The van der Waals surface area contributed by atoms with E-state index in [1.54, 1.807) is 24.4 Å². The molecule has 0 aliphatic heterocycles. The molecule has 5 heteroatoms. The number of carbonyl (C=O) groups is 1. The molecule has 2 rings (SSSR count). The van der Waals surface area contributed by atoms with Gasteiger partial charge >= 0.3 is 0 Å². The summed E-state index contributed by atoms with van der Waals surface area (Å²) in [4.78, 5) is 16.0. The summed E-state index contributed by atoms with van der Waals surface area (Å²) in [5, 5.41) is 6.00. The smallest absolute Gasteiger partial charge is 0.251 e. The topological polar surface area (TPSA) is 54.0 Å². The van der Waals surface area contributed by atoms with Crippen LogP contribution < -0.4 is 10.6 Å². The van der Waals surface area contributed by atoms with Gasteiger partial charge in [0.25, 0.3) is 5.91 Å². The molecule has 0 fully saturated rings. The van der Waals surface area contributed by atoms with Gasteiger partial charge in [-0.2, -0.15) is 0 Å². The number of anilines is 1. The van der Waals surface area contributed by atoms with Crippen LogP contribution in [0.4, 0.5) is 5.69 Å². The fourth-order valence-electron chi connectivity index (χ4n) is 1.71. The molecule has 108 valence electrons. The summed E-state index contributed by atoms with van der Waals surface area (Å²) < 4.78 is 0.959. The molecule has 2 aromatic rings. The van der Waals surface area contributed by atoms with Crippen molar-refractivity contribution in [2.75, 3.05) is 11.9 Å². The Balaban J connectivity index is 1.91. The monoisotopic (exact) mass is 345 g/mol. The molecule has 1 aromatic heterocycles. The molecule has 1 amide bonds. The maximum atomic E-state index is 11.7. The second-order valence-electron chi connectivity index (χ2n) is 4.40. The molecular formula is C16H16BrN3O. The van der Waals surface area contributed by atoms with Crippen molar-refractivity contribution in [1.82, 2.24) is 10.3 Å². The van der Waals surface area contributed by atoms with Gasteiger partial charge in [-0.25, -0.2) is 0 Å². The Hall–Kier alpha value is -2.14. The van der Waals surface area contributed by atoms with Crippen LogP contribution in [0.3, 0.4) is 0 Å². The van der Waals surface area contributed by atoms with E-state index < -0.39 is 0 Å². The Kier molecular flexibility index (Phi) is 5.51. The molecule has 0 atom stereocenters. The molecule has 4 nitrogen and oxygen atoms in total. The third kappa shape index (κ3) is 4.72. The number of hydrogen-bond donors (Lipinski definition) is 2. The number of hydrogen-bond acceptors (Lipinski definition) is 3. The predicted octanol–water partition coefficient (Wildman–Crippen LogP) is 3.37. The van der Waals surface area contributed by atoms with Crippen LogP contribution in [0.25, 0.3) is 0 Å². The molecule has 21 heavy (non-hydrogen) atoms. The average Bonchev–Trinajstić information content (AvgIpc) is 2.52. The summed E-state index contributed by atoms with van der Waals surface area (Å²) in [6, 6.07) is 11.2. The number of rotatable bonds is 6. The molecule has 0 spiro atoms. The Morgan fingerprint density at radius 1 is 1.24 bits per heavy atom. The standard InChI is InChI=1S/C16H16BrN3O/c1-2-9-18-16(21)12-3-6-14(7-4-12)20-11-15-8-5-13(17)10-19-15/h2-8,10,20H,1,9,11H2,(H,18,21). The Bertz CT molecular complexity index is 608. The van der Waals surface area contributed by atoms with Crippen LogP contribution in [0.1, 0.15) is 16.1 Å². The first-order valence-corrected chi connectivity index (χ1v) is 7.32. The molecule has 2 N–H and O–H groups in total. The van der Waals surface area contributed by atoms with Crippen LogP contribution in [0, 0.1) is 0 Å². The second kappa shape index (κ2) is 7.59. The zero-order chi connectivity index (χ0) is 15.1. The van der Waals surface area contributed by atoms with Gasteiger partial charge in [0.05, 0.1) is 12.2 Å². The lowest BCUT2D eigenvalue weighted by molar-refractivity contribution is 0.0958. The van der Waals surface area contributed by atoms with Crippen molar-refractivity contribution >= 4 is 27.5 Å². The van der Waals surface area contributed by atoms with Crippen molar-refractivity contribution in [2.45, 2.75) is 6.54 Å². The first-order valence-electron chi connectivity index (χ1n) is 6.52. The number of aromatic nitrogens is 1. The van der Waals surface area contributed by atoms with E-state index in [0.29, 0.717) is 18.7 Å². The first-order chi connectivity index (χ1) is 10.2. The van der Waals surface area contributed by atoms with Crippen molar-refractivity contribution in [3.05, 3.63) is 71.0 Å². The van der Waals surface area contributed by atoms with Crippen molar-refractivity contribution in [1.29, 1.82) is 0 Å². The van der Waals surface area contributed by atoms with Gasteiger partial charge in [0.1, 0.15) is 0 Å². The molecule has 0 aliphatic carbocycles. The van der Waals surface area contributed by atoms with E-state index >= 15 is 0 Å². The molecule has 0 radical (unpaired) electrons. The molecule has 1 heterocycles. The lowest BCUT2D eigenvalue weighted by Gasteiger charge is -2.07. The summed E-state index contributed by atoms with van der Waals surface area (Å²) in [7, 11) is 0. The zero-order valence-corrected chi connectivity index (χ0v) is 13.1. The fraction of sp³-hybridized carbons (Fsp3) is 0.125. The average molecular weight is 346 g/mol. The molecule has 1 aromatic carbocycles. The van der Waals surface area contributed by atoms with Crippen LogP contribution in [-0.4, -0.2) is 17.4 Å². The molecular weight excluding hydrogens is 330 g/mol. The second-order valence-corrected chi connectivity index (χ2v) is 5.31. The number of halogens is 1. The fourth-order valence-corrected chi connectivity index (χ4v) is 1.94. The Morgan fingerprint density at radius 3 is 2.62 bits per heavy atom. The molecule has 0 bridgehead atoms. The largest absolute Gasteiger partial charge is 0.379 e. The van der Waals surface area contributed by atoms with E-state index in [-0.39, 0.29) is 5.91 Å². The number of benzene rings is 1. The Morgan fingerprint density at radius 2 is 2.00 bits per heavy atom. The van der Waals surface area contributed by atoms with Crippen LogP contribution in [0.5, 0.6) is 0 Å². The van der Waals surface area contributed by atoms with Crippen LogP contribution in [0.2, 0.25) is 0 Å². The van der Waals surface area contributed by atoms with Gasteiger partial charge in [0, 0.05) is 28.5 Å². The molecule has 0 unspecified atom stereocenters. The van der Waals surface area contributed by atoms with Crippen molar-refractivity contribution in [2.24, 2.45) is 0 Å². The van der Waals surface area contributed by atoms with E-state index in [0.717, 1.165) is 15.9 Å². The third-order valence-corrected chi connectivity index (χ3v) is 3.29. The van der Waals surface area contributed by atoms with Crippen molar-refractivity contribution in [3.63, 3.8) is 0 Å². The summed E-state index contributed by atoms with van der Waals surface area (Å²) in [5.41, 5.74) is 2.52. The van der Waals surface area contributed by atoms with Crippen LogP contribution in [-0.2, 0) is 6.54 Å². The molecule has 0 saturated heterocycles. The Labute approximate surface area is 132 Å². The zero-order valence-electron chi connectivity index (χ0n) is 11.5. The summed E-state index contributed by atoms with van der Waals surface area (Å²) in [5.74, 6) is -0.101. The van der Waals surface area contributed by atoms with Gasteiger partial charge in [-0.15, -0.1) is 6.58 Å². The maximum Gasteiger partial charge on any atom is 0.251 e. The van der Waals surface area contributed by atoms with Crippen molar-refractivity contribution < 1.29 is 4.79 Å². The minimum Gasteiger partial charge on any atom is -0.379 e. The van der Waals surface area contributed by atoms with E-state index in [1.165, 1.54) is 0 Å². The van der Waals surface area contributed by atoms with Gasteiger partial charge in [-0.3, -0.25) is 9.78 Å². The van der Waals surface area contributed by atoms with Gasteiger partial charge in [0.15, 0.2) is 0 Å². The predicted molar refractivity (Wildman–Crippen MR) is 88.2 cm³/mol. The SMILES string of the molecule is C=CCNC(=O)c1ccc(NCc2ccc(Br)cn2)cc1. The number of pyridine rings is 1. The van der Waals surface area contributed by atoms with Gasteiger partial charge in [0.2, 0.25) is 0 Å². The number of amides is 1. The highest BCUT2D eigenvalue weighted by Crippen LogP contribution is 2.12. The van der Waals surface area contributed by atoms with Gasteiger partial charge < -0.3 is 10.6 Å². The lowest BCUT2D eigenvalue weighted by Crippen LogP contribution is -2.23. The summed E-state index contributed by atoms with van der Waals surface area (Å²) in [6.07, 6.45) is 3.42. The van der Waals surface area contributed by atoms with Crippen LogP contribution in [0.15, 0.2) is 59.7 Å². The number of nitrogens with zero attached hydrogens (tertiary/aromatic N) is 1. The van der Waals surface area contributed by atoms with Crippen LogP contribution >= 0.6 is 15.9 Å². The minimum absolute atomic E-state index is 0.101. The molecule has 0 aliphatic rings. The first kappa shape index (κ1) is 15.3. The third-order valence-electron chi connectivity index (χ3n) is 2.82. The van der Waals surface area contributed by atoms with E-state index in [2.05, 4.69) is 38.1 Å². The minimum atomic E-state index is -0.101. The number of nitrogens with one attached hydrogen (secondary N) is 2.